The van der Waals surface area contributed by atoms with Crippen LogP contribution in [0.1, 0.15) is 20.1 Å². The summed E-state index contributed by atoms with van der Waals surface area (Å²) in [5, 5.41) is 17.8. The van der Waals surface area contributed by atoms with Gasteiger partial charge < -0.3 is 14.9 Å². The SMILES string of the molecule is O=C(O)c1ccc(COc2ccccc2CCO)s1. The summed E-state index contributed by atoms with van der Waals surface area (Å²) in [5.74, 6) is -0.196. The fraction of sp³-hybridized carbons (Fsp3) is 0.214. The number of para-hydroxylation sites is 1. The van der Waals surface area contributed by atoms with Gasteiger partial charge in [0, 0.05) is 11.5 Å². The molecule has 2 rings (SSSR count). The van der Waals surface area contributed by atoms with Gasteiger partial charge in [-0.1, -0.05) is 18.2 Å². The van der Waals surface area contributed by atoms with E-state index in [-0.39, 0.29) is 6.61 Å². The van der Waals surface area contributed by atoms with Crippen LogP contribution >= 0.6 is 11.3 Å². The summed E-state index contributed by atoms with van der Waals surface area (Å²) in [7, 11) is 0. The van der Waals surface area contributed by atoms with Gasteiger partial charge in [-0.15, -0.1) is 11.3 Å². The number of carbonyl (C=O) groups is 1. The Bertz CT molecular complexity index is 562. The number of carboxylic acid groups (broad SMARTS) is 1. The van der Waals surface area contributed by atoms with Gasteiger partial charge in [-0.3, -0.25) is 0 Å². The highest BCUT2D eigenvalue weighted by atomic mass is 32.1. The summed E-state index contributed by atoms with van der Waals surface area (Å²) < 4.78 is 5.68. The molecule has 0 amide bonds. The third-order valence-electron chi connectivity index (χ3n) is 2.60. The second kappa shape index (κ2) is 6.36. The van der Waals surface area contributed by atoms with Crippen LogP contribution in [0.4, 0.5) is 0 Å². The normalized spacial score (nSPS) is 10.4. The predicted octanol–water partition coefficient (Wildman–Crippen LogP) is 2.56. The number of aliphatic hydroxyl groups is 1. The first-order valence-electron chi connectivity index (χ1n) is 5.84. The van der Waals surface area contributed by atoms with Gasteiger partial charge in [0.2, 0.25) is 0 Å². The second-order valence-corrected chi connectivity index (χ2v) is 5.11. The molecule has 2 N–H and O–H groups in total. The van der Waals surface area contributed by atoms with Gasteiger partial charge in [-0.2, -0.15) is 0 Å². The maximum atomic E-state index is 10.8. The monoisotopic (exact) mass is 278 g/mol. The zero-order valence-electron chi connectivity index (χ0n) is 10.2. The Balaban J connectivity index is 2.03. The molecule has 0 saturated heterocycles. The number of carboxylic acids is 1. The molecule has 4 nitrogen and oxygen atoms in total. The molecule has 0 atom stereocenters. The van der Waals surface area contributed by atoms with Crippen molar-refractivity contribution in [2.45, 2.75) is 13.0 Å². The smallest absolute Gasteiger partial charge is 0.345 e. The molecule has 1 aromatic carbocycles. The molecule has 5 heteroatoms. The minimum atomic E-state index is -0.920. The van der Waals surface area contributed by atoms with Gasteiger partial charge >= 0.3 is 5.97 Å². The third kappa shape index (κ3) is 3.56. The van der Waals surface area contributed by atoms with Gasteiger partial charge in [0.1, 0.15) is 17.2 Å². The molecule has 0 bridgehead atoms. The van der Waals surface area contributed by atoms with Crippen LogP contribution in [0.25, 0.3) is 0 Å². The standard InChI is InChI=1S/C14H14O4S/c15-8-7-10-3-1-2-4-12(10)18-9-11-5-6-13(19-11)14(16)17/h1-6,15H,7-9H2,(H,16,17). The predicted molar refractivity (Wildman–Crippen MR) is 72.8 cm³/mol. The summed E-state index contributed by atoms with van der Waals surface area (Å²) in [5.41, 5.74) is 0.944. The van der Waals surface area contributed by atoms with Crippen molar-refractivity contribution in [3.05, 3.63) is 51.7 Å². The van der Waals surface area contributed by atoms with Crippen LogP contribution in [-0.2, 0) is 13.0 Å². The Labute approximate surface area is 114 Å². The van der Waals surface area contributed by atoms with Crippen molar-refractivity contribution in [1.29, 1.82) is 0 Å². The van der Waals surface area contributed by atoms with Crippen molar-refractivity contribution < 1.29 is 19.7 Å². The van der Waals surface area contributed by atoms with Gasteiger partial charge in [-0.25, -0.2) is 4.79 Å². The maximum Gasteiger partial charge on any atom is 0.345 e. The highest BCUT2D eigenvalue weighted by Gasteiger charge is 2.08. The number of hydrogen-bond donors (Lipinski definition) is 2. The Morgan fingerprint density at radius 1 is 1.21 bits per heavy atom. The Hall–Kier alpha value is -1.85. The van der Waals surface area contributed by atoms with E-state index in [0.29, 0.717) is 17.9 Å². The van der Waals surface area contributed by atoms with Gasteiger partial charge in [0.25, 0.3) is 0 Å². The molecule has 0 aliphatic rings. The molecule has 0 saturated carbocycles. The lowest BCUT2D eigenvalue weighted by molar-refractivity contribution is 0.0702. The van der Waals surface area contributed by atoms with Crippen LogP contribution in [-0.4, -0.2) is 22.8 Å². The molecule has 0 spiro atoms. The fourth-order valence-corrected chi connectivity index (χ4v) is 2.45. The first-order chi connectivity index (χ1) is 9.20. The minimum absolute atomic E-state index is 0.0720. The molecule has 0 unspecified atom stereocenters. The highest BCUT2D eigenvalue weighted by Crippen LogP contribution is 2.22. The molecule has 0 aliphatic heterocycles. The topological polar surface area (TPSA) is 66.8 Å². The lowest BCUT2D eigenvalue weighted by Crippen LogP contribution is -1.99. The van der Waals surface area contributed by atoms with Crippen molar-refractivity contribution in [3.8, 4) is 5.75 Å². The average Bonchev–Trinajstić information content (AvgIpc) is 2.87. The second-order valence-electron chi connectivity index (χ2n) is 3.94. The van der Waals surface area contributed by atoms with Crippen LogP contribution in [0, 0.1) is 0 Å². The highest BCUT2D eigenvalue weighted by molar-refractivity contribution is 7.13. The van der Waals surface area contributed by atoms with E-state index in [1.807, 2.05) is 24.3 Å². The molecular weight excluding hydrogens is 264 g/mol. The largest absolute Gasteiger partial charge is 0.488 e. The quantitative estimate of drug-likeness (QED) is 0.852. The van der Waals surface area contributed by atoms with Crippen molar-refractivity contribution >= 4 is 17.3 Å². The Morgan fingerprint density at radius 2 is 2.00 bits per heavy atom. The van der Waals surface area contributed by atoms with Gasteiger partial charge in [0.15, 0.2) is 0 Å². The molecule has 0 radical (unpaired) electrons. The van der Waals surface area contributed by atoms with E-state index in [1.165, 1.54) is 11.3 Å². The van der Waals surface area contributed by atoms with Crippen LogP contribution in [0.5, 0.6) is 5.75 Å². The Morgan fingerprint density at radius 3 is 2.68 bits per heavy atom. The lowest BCUT2D eigenvalue weighted by atomic mass is 10.1. The zero-order chi connectivity index (χ0) is 13.7. The summed E-state index contributed by atoms with van der Waals surface area (Å²) in [6, 6.07) is 10.8. The average molecular weight is 278 g/mol. The number of rotatable bonds is 6. The summed E-state index contributed by atoms with van der Waals surface area (Å²) in [6.45, 7) is 0.406. The van der Waals surface area contributed by atoms with Crippen LogP contribution < -0.4 is 4.74 Å². The molecular formula is C14H14O4S. The number of benzene rings is 1. The minimum Gasteiger partial charge on any atom is -0.488 e. The summed E-state index contributed by atoms with van der Waals surface area (Å²) in [4.78, 5) is 11.9. The van der Waals surface area contributed by atoms with E-state index in [2.05, 4.69) is 0 Å². The number of hydrogen-bond acceptors (Lipinski definition) is 4. The first-order valence-corrected chi connectivity index (χ1v) is 6.66. The van der Waals surface area contributed by atoms with E-state index in [1.54, 1.807) is 12.1 Å². The van der Waals surface area contributed by atoms with Crippen LogP contribution in [0.3, 0.4) is 0 Å². The van der Waals surface area contributed by atoms with E-state index in [4.69, 9.17) is 14.9 Å². The molecule has 0 fully saturated rings. The number of ether oxygens (including phenoxy) is 1. The zero-order valence-corrected chi connectivity index (χ0v) is 11.0. The van der Waals surface area contributed by atoms with Crippen molar-refractivity contribution in [2.75, 3.05) is 6.61 Å². The lowest BCUT2D eigenvalue weighted by Gasteiger charge is -2.09. The number of aliphatic hydroxyl groups excluding tert-OH is 1. The van der Waals surface area contributed by atoms with Crippen molar-refractivity contribution in [2.24, 2.45) is 0 Å². The Kier molecular flexibility index (Phi) is 4.54. The number of thiophene rings is 1. The number of aromatic carboxylic acids is 1. The molecule has 100 valence electrons. The molecule has 0 aliphatic carbocycles. The fourth-order valence-electron chi connectivity index (χ4n) is 1.69. The summed E-state index contributed by atoms with van der Waals surface area (Å²) >= 11 is 1.21. The molecule has 2 aromatic rings. The molecule has 1 heterocycles. The van der Waals surface area contributed by atoms with Crippen molar-refractivity contribution in [3.63, 3.8) is 0 Å². The maximum absolute atomic E-state index is 10.8. The third-order valence-corrected chi connectivity index (χ3v) is 3.64. The molecule has 1 aromatic heterocycles. The van der Waals surface area contributed by atoms with Gasteiger partial charge in [-0.05, 0) is 30.2 Å². The molecule has 19 heavy (non-hydrogen) atoms. The van der Waals surface area contributed by atoms with Crippen LogP contribution in [0.2, 0.25) is 0 Å². The summed E-state index contributed by atoms with van der Waals surface area (Å²) in [6.07, 6.45) is 0.543. The first kappa shape index (κ1) is 13.6. The van der Waals surface area contributed by atoms with Gasteiger partial charge in [0.05, 0.1) is 0 Å². The van der Waals surface area contributed by atoms with E-state index < -0.39 is 5.97 Å². The van der Waals surface area contributed by atoms with Crippen molar-refractivity contribution in [1.82, 2.24) is 0 Å². The van der Waals surface area contributed by atoms with Crippen LogP contribution in [0.15, 0.2) is 36.4 Å². The van der Waals surface area contributed by atoms with E-state index in [0.717, 1.165) is 16.2 Å². The van der Waals surface area contributed by atoms with E-state index in [9.17, 15) is 4.79 Å². The van der Waals surface area contributed by atoms with E-state index >= 15 is 0 Å².